The average Bonchev–Trinajstić information content (AvgIpc) is 2.43. The molecule has 1 aliphatic heterocycles. The maximum Gasteiger partial charge on any atom is 0.321 e. The van der Waals surface area contributed by atoms with E-state index in [-0.39, 0.29) is 0 Å². The van der Waals surface area contributed by atoms with Crippen LogP contribution in [0.15, 0.2) is 18.2 Å². The summed E-state index contributed by atoms with van der Waals surface area (Å²) in [5, 5.41) is 9.37. The number of unbranched alkanes of at least 4 members (excludes halogenated alkanes) is 1. The van der Waals surface area contributed by atoms with E-state index in [0.29, 0.717) is 13.0 Å². The summed E-state index contributed by atoms with van der Waals surface area (Å²) in [5.41, 5.74) is 2.31. The summed E-state index contributed by atoms with van der Waals surface area (Å²) in [4.78, 5) is 13.5. The molecule has 1 aromatic rings. The highest BCUT2D eigenvalue weighted by atomic mass is 16.5. The molecule has 0 aromatic heterocycles. The molecule has 1 aromatic carbocycles. The van der Waals surface area contributed by atoms with Crippen LogP contribution in [0.25, 0.3) is 0 Å². The zero-order valence-corrected chi connectivity index (χ0v) is 11.6. The van der Waals surface area contributed by atoms with Crippen LogP contribution in [0.5, 0.6) is 5.75 Å². The topological polar surface area (TPSA) is 49.8 Å². The lowest BCUT2D eigenvalue weighted by molar-refractivity contribution is -0.144. The van der Waals surface area contributed by atoms with Gasteiger partial charge >= 0.3 is 5.97 Å². The standard InChI is InChI=1S/C15H21NO3/c1-3-4-7-16-10-12-8-13(19-2)6-5-11(12)9-14(16)15(17)18/h5-6,8,14H,3-4,7,9-10H2,1-2H3,(H,17,18). The van der Waals surface area contributed by atoms with Gasteiger partial charge in [0.1, 0.15) is 11.8 Å². The molecule has 0 aliphatic carbocycles. The predicted molar refractivity (Wildman–Crippen MR) is 73.4 cm³/mol. The van der Waals surface area contributed by atoms with Crippen molar-refractivity contribution in [3.05, 3.63) is 29.3 Å². The fourth-order valence-corrected chi connectivity index (χ4v) is 2.58. The third-order valence-corrected chi connectivity index (χ3v) is 3.72. The summed E-state index contributed by atoms with van der Waals surface area (Å²) in [6.07, 6.45) is 2.69. The van der Waals surface area contributed by atoms with Crippen molar-refractivity contribution >= 4 is 5.97 Å². The zero-order chi connectivity index (χ0) is 13.8. The van der Waals surface area contributed by atoms with Gasteiger partial charge in [-0.15, -0.1) is 0 Å². The number of nitrogens with zero attached hydrogens (tertiary/aromatic N) is 1. The van der Waals surface area contributed by atoms with Gasteiger partial charge in [0.25, 0.3) is 0 Å². The molecule has 1 unspecified atom stereocenters. The van der Waals surface area contributed by atoms with Gasteiger partial charge in [-0.3, -0.25) is 9.69 Å². The minimum atomic E-state index is -0.724. The molecule has 4 nitrogen and oxygen atoms in total. The Hall–Kier alpha value is -1.55. The van der Waals surface area contributed by atoms with Gasteiger partial charge in [0.15, 0.2) is 0 Å². The molecule has 104 valence electrons. The molecule has 2 rings (SSSR count). The van der Waals surface area contributed by atoms with Crippen LogP contribution in [0.1, 0.15) is 30.9 Å². The highest BCUT2D eigenvalue weighted by Gasteiger charge is 2.30. The minimum absolute atomic E-state index is 0.396. The molecule has 1 heterocycles. The Morgan fingerprint density at radius 2 is 2.26 bits per heavy atom. The third kappa shape index (κ3) is 3.07. The summed E-state index contributed by atoms with van der Waals surface area (Å²) in [6, 6.07) is 5.51. The van der Waals surface area contributed by atoms with Crippen LogP contribution in [0.2, 0.25) is 0 Å². The van der Waals surface area contributed by atoms with Gasteiger partial charge in [0.05, 0.1) is 7.11 Å². The SMILES string of the molecule is CCCCN1Cc2cc(OC)ccc2CC1C(=O)O. The molecule has 1 N–H and O–H groups in total. The second-order valence-corrected chi connectivity index (χ2v) is 5.02. The average molecular weight is 263 g/mol. The predicted octanol–water partition coefficient (Wildman–Crippen LogP) is 2.31. The Morgan fingerprint density at radius 1 is 1.47 bits per heavy atom. The summed E-state index contributed by atoms with van der Waals surface area (Å²) < 4.78 is 5.24. The molecule has 0 fully saturated rings. The quantitative estimate of drug-likeness (QED) is 0.885. The van der Waals surface area contributed by atoms with Crippen molar-refractivity contribution in [1.29, 1.82) is 0 Å². The Balaban J connectivity index is 2.23. The molecule has 0 saturated heterocycles. The number of carboxylic acid groups (broad SMARTS) is 1. The normalized spacial score (nSPS) is 18.9. The lowest BCUT2D eigenvalue weighted by atomic mass is 9.93. The van der Waals surface area contributed by atoms with E-state index in [0.717, 1.165) is 30.7 Å². The van der Waals surface area contributed by atoms with Gasteiger partial charge in [0, 0.05) is 6.54 Å². The lowest BCUT2D eigenvalue weighted by Crippen LogP contribution is -2.45. The fourth-order valence-electron chi connectivity index (χ4n) is 2.58. The van der Waals surface area contributed by atoms with E-state index in [2.05, 4.69) is 11.8 Å². The maximum absolute atomic E-state index is 11.4. The van der Waals surface area contributed by atoms with Crippen molar-refractivity contribution in [2.24, 2.45) is 0 Å². The number of fused-ring (bicyclic) bond motifs is 1. The first kappa shape index (κ1) is 13.9. The van der Waals surface area contributed by atoms with Gasteiger partial charge in [-0.2, -0.15) is 0 Å². The molecular weight excluding hydrogens is 242 g/mol. The van der Waals surface area contributed by atoms with Gasteiger partial charge in [-0.25, -0.2) is 0 Å². The molecule has 1 atom stereocenters. The van der Waals surface area contributed by atoms with E-state index in [9.17, 15) is 9.90 Å². The molecule has 4 heteroatoms. The highest BCUT2D eigenvalue weighted by molar-refractivity contribution is 5.74. The van der Waals surface area contributed by atoms with Crippen LogP contribution in [-0.2, 0) is 17.8 Å². The first-order valence-electron chi connectivity index (χ1n) is 6.78. The second-order valence-electron chi connectivity index (χ2n) is 5.02. The van der Waals surface area contributed by atoms with Gasteiger partial charge in [-0.05, 0) is 42.6 Å². The van der Waals surface area contributed by atoms with E-state index in [1.807, 2.05) is 18.2 Å². The number of hydrogen-bond acceptors (Lipinski definition) is 3. The number of benzene rings is 1. The Morgan fingerprint density at radius 3 is 2.89 bits per heavy atom. The van der Waals surface area contributed by atoms with Crippen molar-refractivity contribution < 1.29 is 14.6 Å². The number of methoxy groups -OCH3 is 1. The molecule has 0 amide bonds. The minimum Gasteiger partial charge on any atom is -0.497 e. The van der Waals surface area contributed by atoms with Crippen LogP contribution in [0, 0.1) is 0 Å². The number of carboxylic acids is 1. The summed E-state index contributed by atoms with van der Waals surface area (Å²) >= 11 is 0. The number of aliphatic carboxylic acids is 1. The second kappa shape index (κ2) is 6.06. The smallest absolute Gasteiger partial charge is 0.321 e. The van der Waals surface area contributed by atoms with Crippen LogP contribution >= 0.6 is 0 Å². The number of carbonyl (C=O) groups is 1. The van der Waals surface area contributed by atoms with E-state index in [1.165, 1.54) is 5.56 Å². The van der Waals surface area contributed by atoms with E-state index < -0.39 is 12.0 Å². The van der Waals surface area contributed by atoms with Crippen LogP contribution in [0.3, 0.4) is 0 Å². The van der Waals surface area contributed by atoms with E-state index in [1.54, 1.807) is 7.11 Å². The summed E-state index contributed by atoms with van der Waals surface area (Å²) in [7, 11) is 1.65. The van der Waals surface area contributed by atoms with Gasteiger partial charge in [-0.1, -0.05) is 19.4 Å². The zero-order valence-electron chi connectivity index (χ0n) is 11.6. The first-order valence-corrected chi connectivity index (χ1v) is 6.78. The van der Waals surface area contributed by atoms with Crippen molar-refractivity contribution in [2.45, 2.75) is 38.8 Å². The Bertz CT molecular complexity index is 459. The van der Waals surface area contributed by atoms with Crippen molar-refractivity contribution in [3.63, 3.8) is 0 Å². The van der Waals surface area contributed by atoms with Gasteiger partial charge in [0.2, 0.25) is 0 Å². The van der Waals surface area contributed by atoms with Crippen molar-refractivity contribution in [2.75, 3.05) is 13.7 Å². The van der Waals surface area contributed by atoms with Crippen molar-refractivity contribution in [1.82, 2.24) is 4.90 Å². The Kier molecular flexibility index (Phi) is 4.43. The summed E-state index contributed by atoms with van der Waals surface area (Å²) in [5.74, 6) is 0.112. The van der Waals surface area contributed by atoms with E-state index in [4.69, 9.17) is 4.74 Å². The molecule has 0 saturated carbocycles. The molecule has 0 radical (unpaired) electrons. The first-order chi connectivity index (χ1) is 9.15. The lowest BCUT2D eigenvalue weighted by Gasteiger charge is -2.34. The van der Waals surface area contributed by atoms with Crippen LogP contribution < -0.4 is 4.74 Å². The maximum atomic E-state index is 11.4. The Labute approximate surface area is 114 Å². The van der Waals surface area contributed by atoms with Crippen LogP contribution in [-0.4, -0.2) is 35.7 Å². The molecule has 0 bridgehead atoms. The third-order valence-electron chi connectivity index (χ3n) is 3.72. The molecule has 1 aliphatic rings. The van der Waals surface area contributed by atoms with Gasteiger partial charge < -0.3 is 9.84 Å². The number of ether oxygens (including phenoxy) is 1. The number of hydrogen-bond donors (Lipinski definition) is 1. The number of rotatable bonds is 5. The molecular formula is C15H21NO3. The van der Waals surface area contributed by atoms with Crippen molar-refractivity contribution in [3.8, 4) is 5.75 Å². The molecule has 0 spiro atoms. The summed E-state index contributed by atoms with van der Waals surface area (Å²) in [6.45, 7) is 3.66. The highest BCUT2D eigenvalue weighted by Crippen LogP contribution is 2.27. The van der Waals surface area contributed by atoms with E-state index >= 15 is 0 Å². The monoisotopic (exact) mass is 263 g/mol. The largest absolute Gasteiger partial charge is 0.497 e. The molecule has 19 heavy (non-hydrogen) atoms. The fraction of sp³-hybridized carbons (Fsp3) is 0.533. The van der Waals surface area contributed by atoms with Crippen LogP contribution in [0.4, 0.5) is 0 Å².